The number of likely N-dealkylation sites (tertiary alicyclic amines) is 1. The van der Waals surface area contributed by atoms with Gasteiger partial charge in [0.15, 0.2) is 0 Å². The maximum Gasteiger partial charge on any atom is 0.256 e. The molecule has 1 fully saturated rings. The van der Waals surface area contributed by atoms with Crippen molar-refractivity contribution in [3.63, 3.8) is 0 Å². The van der Waals surface area contributed by atoms with Gasteiger partial charge >= 0.3 is 0 Å². The molecule has 1 aliphatic heterocycles. The molecular weight excluding hydrogens is 248 g/mol. The first-order valence-corrected chi connectivity index (χ1v) is 7.15. The van der Waals surface area contributed by atoms with Crippen LogP contribution in [0.5, 0.6) is 0 Å². The van der Waals surface area contributed by atoms with Crippen LogP contribution in [0, 0.1) is 5.92 Å². The Morgan fingerprint density at radius 3 is 2.45 bits per heavy atom. The lowest BCUT2D eigenvalue weighted by molar-refractivity contribution is 0.0745. The number of hydrogen-bond acceptors (Lipinski definition) is 2. The fourth-order valence-corrected chi connectivity index (χ4v) is 3.18. The number of anilines is 1. The summed E-state index contributed by atoms with van der Waals surface area (Å²) in [5, 5.41) is 2.13. The Morgan fingerprint density at radius 1 is 1.20 bits per heavy atom. The normalized spacial score (nSPS) is 22.4. The van der Waals surface area contributed by atoms with E-state index in [1.807, 2.05) is 41.3 Å². The van der Waals surface area contributed by atoms with E-state index >= 15 is 0 Å². The molecule has 0 saturated carbocycles. The molecular formula is C17H20N2O. The van der Waals surface area contributed by atoms with E-state index in [1.54, 1.807) is 0 Å². The number of rotatable bonds is 1. The Bertz CT molecular complexity index is 665. The predicted octanol–water partition coefficient (Wildman–Crippen LogP) is 3.29. The third-order valence-corrected chi connectivity index (χ3v) is 4.19. The van der Waals surface area contributed by atoms with Crippen LogP contribution in [0.4, 0.5) is 5.69 Å². The van der Waals surface area contributed by atoms with Gasteiger partial charge in [-0.3, -0.25) is 4.79 Å². The highest BCUT2D eigenvalue weighted by atomic mass is 16.2. The molecule has 2 atom stereocenters. The predicted molar refractivity (Wildman–Crippen MR) is 82.6 cm³/mol. The number of amides is 1. The summed E-state index contributed by atoms with van der Waals surface area (Å²) in [4.78, 5) is 14.7. The topological polar surface area (TPSA) is 46.3 Å². The van der Waals surface area contributed by atoms with E-state index < -0.39 is 0 Å². The van der Waals surface area contributed by atoms with Gasteiger partial charge < -0.3 is 10.6 Å². The number of carbonyl (C=O) groups is 1. The second-order valence-corrected chi connectivity index (χ2v) is 5.93. The van der Waals surface area contributed by atoms with Gasteiger partial charge in [-0.05, 0) is 42.2 Å². The van der Waals surface area contributed by atoms with Gasteiger partial charge in [-0.1, -0.05) is 31.2 Å². The monoisotopic (exact) mass is 268 g/mol. The number of carbonyl (C=O) groups excluding carboxylic acids is 1. The third-order valence-electron chi connectivity index (χ3n) is 4.19. The molecule has 1 heterocycles. The molecule has 3 nitrogen and oxygen atoms in total. The minimum atomic E-state index is 0.0603. The fourth-order valence-electron chi connectivity index (χ4n) is 3.18. The maximum atomic E-state index is 12.7. The average molecular weight is 268 g/mol. The van der Waals surface area contributed by atoms with Crippen molar-refractivity contribution in [1.29, 1.82) is 0 Å². The van der Waals surface area contributed by atoms with Crippen LogP contribution in [0.1, 0.15) is 30.6 Å². The van der Waals surface area contributed by atoms with Gasteiger partial charge in [-0.15, -0.1) is 0 Å². The van der Waals surface area contributed by atoms with Crippen molar-refractivity contribution in [2.75, 3.05) is 12.3 Å². The molecule has 1 amide bonds. The number of nitrogens with two attached hydrogens (primary N) is 1. The molecule has 104 valence electrons. The summed E-state index contributed by atoms with van der Waals surface area (Å²) in [5.74, 6) is 0.626. The van der Waals surface area contributed by atoms with Crippen molar-refractivity contribution in [2.24, 2.45) is 5.92 Å². The second-order valence-electron chi connectivity index (χ2n) is 5.93. The molecule has 20 heavy (non-hydrogen) atoms. The lowest BCUT2D eigenvalue weighted by atomic mass is 10.0. The van der Waals surface area contributed by atoms with Gasteiger partial charge in [0.25, 0.3) is 5.91 Å². The number of fused-ring (bicyclic) bond motifs is 1. The average Bonchev–Trinajstić information content (AvgIpc) is 2.76. The molecule has 0 aromatic heterocycles. The Hall–Kier alpha value is -2.03. The quantitative estimate of drug-likeness (QED) is 0.807. The highest BCUT2D eigenvalue weighted by molar-refractivity contribution is 6.04. The SMILES string of the molecule is CC1CC(C)N(C(=O)c2cc3ccccc3cc2N)C1. The first-order valence-electron chi connectivity index (χ1n) is 7.15. The van der Waals surface area contributed by atoms with Crippen molar-refractivity contribution in [3.8, 4) is 0 Å². The van der Waals surface area contributed by atoms with Crippen LogP contribution >= 0.6 is 0 Å². The summed E-state index contributed by atoms with van der Waals surface area (Å²) < 4.78 is 0. The molecule has 1 aliphatic rings. The van der Waals surface area contributed by atoms with Gasteiger partial charge in [-0.2, -0.15) is 0 Å². The number of hydrogen-bond donors (Lipinski definition) is 1. The maximum absolute atomic E-state index is 12.7. The minimum Gasteiger partial charge on any atom is -0.398 e. The first kappa shape index (κ1) is 13.0. The molecule has 2 unspecified atom stereocenters. The summed E-state index contributed by atoms with van der Waals surface area (Å²) in [6.07, 6.45) is 1.07. The Kier molecular flexibility index (Phi) is 3.13. The summed E-state index contributed by atoms with van der Waals surface area (Å²) in [7, 11) is 0. The molecule has 0 bridgehead atoms. The van der Waals surface area contributed by atoms with E-state index in [0.717, 1.165) is 23.7 Å². The molecule has 0 radical (unpaired) electrons. The van der Waals surface area contributed by atoms with Gasteiger partial charge in [-0.25, -0.2) is 0 Å². The van der Waals surface area contributed by atoms with E-state index in [4.69, 9.17) is 5.73 Å². The number of benzene rings is 2. The molecule has 0 aliphatic carbocycles. The zero-order valence-electron chi connectivity index (χ0n) is 12.0. The van der Waals surface area contributed by atoms with Gasteiger partial charge in [0.2, 0.25) is 0 Å². The lowest BCUT2D eigenvalue weighted by Gasteiger charge is -2.22. The van der Waals surface area contributed by atoms with E-state index in [0.29, 0.717) is 23.2 Å². The standard InChI is InChI=1S/C17H20N2O/c1-11-7-12(2)19(10-11)17(20)15-8-13-5-3-4-6-14(13)9-16(15)18/h3-6,8-9,11-12H,7,10,18H2,1-2H3. The lowest BCUT2D eigenvalue weighted by Crippen LogP contribution is -2.34. The second kappa shape index (κ2) is 4.82. The van der Waals surface area contributed by atoms with Crippen molar-refractivity contribution >= 4 is 22.4 Å². The van der Waals surface area contributed by atoms with Crippen molar-refractivity contribution < 1.29 is 4.79 Å². The molecule has 2 aromatic carbocycles. The fraction of sp³-hybridized carbons (Fsp3) is 0.353. The van der Waals surface area contributed by atoms with Crippen LogP contribution in [0.25, 0.3) is 10.8 Å². The number of nitrogens with zero attached hydrogens (tertiary/aromatic N) is 1. The summed E-state index contributed by atoms with van der Waals surface area (Å²) in [5.41, 5.74) is 7.29. The van der Waals surface area contributed by atoms with Gasteiger partial charge in [0.1, 0.15) is 0 Å². The Morgan fingerprint density at radius 2 is 1.85 bits per heavy atom. The molecule has 3 heteroatoms. The van der Waals surface area contributed by atoms with E-state index in [2.05, 4.69) is 13.8 Å². The van der Waals surface area contributed by atoms with Crippen molar-refractivity contribution in [1.82, 2.24) is 4.90 Å². The first-order chi connectivity index (χ1) is 9.56. The van der Waals surface area contributed by atoms with Crippen LogP contribution in [0.2, 0.25) is 0 Å². The molecule has 2 N–H and O–H groups in total. The molecule has 3 rings (SSSR count). The van der Waals surface area contributed by atoms with Crippen LogP contribution in [-0.4, -0.2) is 23.4 Å². The van der Waals surface area contributed by atoms with Crippen LogP contribution in [0.3, 0.4) is 0 Å². The van der Waals surface area contributed by atoms with Crippen LogP contribution in [0.15, 0.2) is 36.4 Å². The summed E-state index contributed by atoms with van der Waals surface area (Å²) in [6, 6.07) is 12.1. The van der Waals surface area contributed by atoms with Gasteiger partial charge in [0, 0.05) is 18.3 Å². The Labute approximate surface area is 119 Å². The number of nitrogen functional groups attached to an aromatic ring is 1. The third kappa shape index (κ3) is 2.13. The zero-order chi connectivity index (χ0) is 14.3. The summed E-state index contributed by atoms with van der Waals surface area (Å²) in [6.45, 7) is 5.12. The molecule has 2 aromatic rings. The highest BCUT2D eigenvalue weighted by Crippen LogP contribution is 2.28. The smallest absolute Gasteiger partial charge is 0.256 e. The van der Waals surface area contributed by atoms with Crippen LogP contribution < -0.4 is 5.73 Å². The van der Waals surface area contributed by atoms with Crippen molar-refractivity contribution in [3.05, 3.63) is 42.0 Å². The van der Waals surface area contributed by atoms with Crippen LogP contribution in [-0.2, 0) is 0 Å². The highest BCUT2D eigenvalue weighted by Gasteiger charge is 2.31. The van der Waals surface area contributed by atoms with E-state index in [-0.39, 0.29) is 5.91 Å². The van der Waals surface area contributed by atoms with Gasteiger partial charge in [0.05, 0.1) is 5.56 Å². The zero-order valence-corrected chi connectivity index (χ0v) is 12.0. The largest absolute Gasteiger partial charge is 0.398 e. The Balaban J connectivity index is 2.01. The summed E-state index contributed by atoms with van der Waals surface area (Å²) >= 11 is 0. The van der Waals surface area contributed by atoms with Crippen molar-refractivity contribution in [2.45, 2.75) is 26.3 Å². The minimum absolute atomic E-state index is 0.0603. The van der Waals surface area contributed by atoms with E-state index in [1.165, 1.54) is 0 Å². The molecule has 1 saturated heterocycles. The molecule has 0 spiro atoms. The van der Waals surface area contributed by atoms with E-state index in [9.17, 15) is 4.79 Å².